The molecule has 2 atom stereocenters. The van der Waals surface area contributed by atoms with Crippen LogP contribution in [0.4, 0.5) is 14.5 Å². The zero-order valence-electron chi connectivity index (χ0n) is 11.1. The third-order valence-corrected chi connectivity index (χ3v) is 3.89. The van der Waals surface area contributed by atoms with Crippen molar-refractivity contribution in [2.45, 2.75) is 13.5 Å². The predicted octanol–water partition coefficient (Wildman–Crippen LogP) is 3.39. The molecule has 0 saturated carbocycles. The maximum absolute atomic E-state index is 12.2. The van der Waals surface area contributed by atoms with Crippen LogP contribution >= 0.6 is 23.2 Å². The second kappa shape index (κ2) is 6.77. The van der Waals surface area contributed by atoms with Crippen LogP contribution in [0.5, 0.6) is 5.75 Å². The molecule has 21 heavy (non-hydrogen) atoms. The van der Waals surface area contributed by atoms with E-state index in [2.05, 4.69) is 15.4 Å². The second-order valence-corrected chi connectivity index (χ2v) is 5.69. The van der Waals surface area contributed by atoms with Crippen LogP contribution in [0, 0.1) is 11.8 Å². The molecule has 2 N–H and O–H groups in total. The molecule has 1 saturated heterocycles. The molecule has 1 amide bonds. The fourth-order valence-electron chi connectivity index (χ4n) is 2.23. The van der Waals surface area contributed by atoms with Gasteiger partial charge in [-0.2, -0.15) is 8.78 Å². The number of anilines is 1. The highest BCUT2D eigenvalue weighted by atomic mass is 35.5. The normalized spacial score (nSPS) is 21.6. The summed E-state index contributed by atoms with van der Waals surface area (Å²) in [5.74, 6) is -0.402. The first-order valence-electron chi connectivity index (χ1n) is 6.34. The van der Waals surface area contributed by atoms with Crippen LogP contribution in [0.25, 0.3) is 0 Å². The molecule has 0 spiro atoms. The van der Waals surface area contributed by atoms with Crippen molar-refractivity contribution >= 4 is 34.8 Å². The Kier molecular flexibility index (Phi) is 5.24. The molecular weight excluding hydrogens is 325 g/mol. The van der Waals surface area contributed by atoms with Gasteiger partial charge >= 0.3 is 6.61 Å². The quantitative estimate of drug-likeness (QED) is 0.884. The number of alkyl halides is 2. The predicted molar refractivity (Wildman–Crippen MR) is 77.2 cm³/mol. The summed E-state index contributed by atoms with van der Waals surface area (Å²) in [5.41, 5.74) is 0.343. The second-order valence-electron chi connectivity index (χ2n) is 4.88. The molecule has 8 heteroatoms. The highest BCUT2D eigenvalue weighted by Crippen LogP contribution is 2.37. The number of benzene rings is 1. The molecule has 0 aromatic heterocycles. The van der Waals surface area contributed by atoms with Gasteiger partial charge in [0, 0.05) is 12.2 Å². The van der Waals surface area contributed by atoms with Gasteiger partial charge in [0.1, 0.15) is 0 Å². The lowest BCUT2D eigenvalue weighted by atomic mass is 9.97. The molecule has 1 aromatic rings. The van der Waals surface area contributed by atoms with Crippen LogP contribution in [0.3, 0.4) is 0 Å². The number of ether oxygens (including phenoxy) is 1. The Balaban J connectivity index is 2.12. The molecule has 0 aliphatic carbocycles. The van der Waals surface area contributed by atoms with E-state index >= 15 is 0 Å². The van der Waals surface area contributed by atoms with Crippen molar-refractivity contribution in [1.82, 2.24) is 5.32 Å². The van der Waals surface area contributed by atoms with E-state index in [1.807, 2.05) is 6.92 Å². The zero-order valence-corrected chi connectivity index (χ0v) is 12.6. The van der Waals surface area contributed by atoms with Crippen LogP contribution in [-0.2, 0) is 4.79 Å². The Bertz CT molecular complexity index is 520. The zero-order chi connectivity index (χ0) is 15.6. The maximum Gasteiger partial charge on any atom is 0.387 e. The summed E-state index contributed by atoms with van der Waals surface area (Å²) in [4.78, 5) is 12.1. The van der Waals surface area contributed by atoms with Gasteiger partial charge in [-0.25, -0.2) is 0 Å². The van der Waals surface area contributed by atoms with Gasteiger partial charge in [-0.1, -0.05) is 30.1 Å². The van der Waals surface area contributed by atoms with Crippen LogP contribution in [0.2, 0.25) is 10.0 Å². The summed E-state index contributed by atoms with van der Waals surface area (Å²) in [5, 5.41) is 5.64. The summed E-state index contributed by atoms with van der Waals surface area (Å²) in [6.45, 7) is 0.330. The summed E-state index contributed by atoms with van der Waals surface area (Å²) >= 11 is 11.7. The fraction of sp³-hybridized carbons (Fsp3) is 0.462. The van der Waals surface area contributed by atoms with Crippen LogP contribution < -0.4 is 15.4 Å². The Hall–Kier alpha value is -1.11. The van der Waals surface area contributed by atoms with Crippen LogP contribution in [-0.4, -0.2) is 25.6 Å². The Morgan fingerprint density at radius 3 is 2.48 bits per heavy atom. The van der Waals surface area contributed by atoms with Gasteiger partial charge in [-0.05, 0) is 24.6 Å². The Morgan fingerprint density at radius 1 is 1.38 bits per heavy atom. The molecule has 4 nitrogen and oxygen atoms in total. The van der Waals surface area contributed by atoms with E-state index in [9.17, 15) is 13.6 Å². The minimum Gasteiger partial charge on any atom is -0.432 e. The van der Waals surface area contributed by atoms with Crippen molar-refractivity contribution in [3.05, 3.63) is 22.2 Å². The first-order valence-corrected chi connectivity index (χ1v) is 7.09. The largest absolute Gasteiger partial charge is 0.432 e. The first kappa shape index (κ1) is 16.3. The number of nitrogens with one attached hydrogen (secondary N) is 2. The van der Waals surface area contributed by atoms with E-state index in [1.54, 1.807) is 0 Å². The van der Waals surface area contributed by atoms with E-state index in [-0.39, 0.29) is 33.5 Å². The summed E-state index contributed by atoms with van der Waals surface area (Å²) < 4.78 is 28.7. The Labute approximate surface area is 130 Å². The number of rotatable bonds is 4. The molecular formula is C13H14Cl2F2N2O2. The summed E-state index contributed by atoms with van der Waals surface area (Å²) in [6.07, 6.45) is 0. The number of carbonyl (C=O) groups excluding carboxylic acids is 1. The molecule has 1 fully saturated rings. The minimum absolute atomic E-state index is 0.0873. The molecule has 0 radical (unpaired) electrons. The highest BCUT2D eigenvalue weighted by molar-refractivity contribution is 6.37. The van der Waals surface area contributed by atoms with Crippen molar-refractivity contribution < 1.29 is 18.3 Å². The monoisotopic (exact) mass is 338 g/mol. The number of halogens is 4. The molecule has 1 aliphatic heterocycles. The molecule has 1 heterocycles. The van der Waals surface area contributed by atoms with Gasteiger partial charge in [-0.3, -0.25) is 4.79 Å². The molecule has 116 valence electrons. The van der Waals surface area contributed by atoms with E-state index in [0.717, 1.165) is 6.54 Å². The van der Waals surface area contributed by atoms with Crippen molar-refractivity contribution in [1.29, 1.82) is 0 Å². The number of hydrogen-bond acceptors (Lipinski definition) is 3. The average molecular weight is 339 g/mol. The van der Waals surface area contributed by atoms with Gasteiger partial charge in [0.05, 0.1) is 16.0 Å². The number of amides is 1. The van der Waals surface area contributed by atoms with Crippen LogP contribution in [0.15, 0.2) is 12.1 Å². The van der Waals surface area contributed by atoms with E-state index in [1.165, 1.54) is 12.1 Å². The number of hydrogen-bond donors (Lipinski definition) is 2. The molecule has 0 bridgehead atoms. The fourth-order valence-corrected chi connectivity index (χ4v) is 2.81. The SMILES string of the molecule is CC1CNCC1C(=O)Nc1cc(Cl)c(OC(F)F)c(Cl)c1. The van der Waals surface area contributed by atoms with Crippen molar-refractivity contribution in [3.63, 3.8) is 0 Å². The van der Waals surface area contributed by atoms with Gasteiger partial charge in [0.15, 0.2) is 5.75 Å². The first-order chi connectivity index (χ1) is 9.88. The van der Waals surface area contributed by atoms with Crippen molar-refractivity contribution in [2.24, 2.45) is 11.8 Å². The van der Waals surface area contributed by atoms with E-state index in [4.69, 9.17) is 23.2 Å². The van der Waals surface area contributed by atoms with Crippen LogP contribution in [0.1, 0.15) is 6.92 Å². The lowest BCUT2D eigenvalue weighted by molar-refractivity contribution is -0.120. The maximum atomic E-state index is 12.2. The lowest BCUT2D eigenvalue weighted by Gasteiger charge is -2.16. The molecule has 1 aromatic carbocycles. The summed E-state index contributed by atoms with van der Waals surface area (Å²) in [6, 6.07) is 2.66. The standard InChI is InChI=1S/C13H14Cl2F2N2O2/c1-6-4-18-5-8(6)12(20)19-7-2-9(14)11(10(15)3-7)21-13(16)17/h2-3,6,8,13,18H,4-5H2,1H3,(H,19,20). The average Bonchev–Trinajstić information content (AvgIpc) is 2.80. The lowest BCUT2D eigenvalue weighted by Crippen LogP contribution is -2.27. The summed E-state index contributed by atoms with van der Waals surface area (Å²) in [7, 11) is 0. The topological polar surface area (TPSA) is 50.4 Å². The third-order valence-electron chi connectivity index (χ3n) is 3.33. The van der Waals surface area contributed by atoms with Gasteiger partial charge in [0.2, 0.25) is 5.91 Å². The highest BCUT2D eigenvalue weighted by Gasteiger charge is 2.29. The number of carbonyl (C=O) groups is 1. The van der Waals surface area contributed by atoms with E-state index < -0.39 is 6.61 Å². The van der Waals surface area contributed by atoms with Gasteiger partial charge < -0.3 is 15.4 Å². The molecule has 2 rings (SSSR count). The van der Waals surface area contributed by atoms with Crippen molar-refractivity contribution in [3.8, 4) is 5.75 Å². The minimum atomic E-state index is -3.02. The van der Waals surface area contributed by atoms with Gasteiger partial charge in [0.25, 0.3) is 0 Å². The van der Waals surface area contributed by atoms with Gasteiger partial charge in [-0.15, -0.1) is 0 Å². The van der Waals surface area contributed by atoms with Crippen molar-refractivity contribution in [2.75, 3.05) is 18.4 Å². The Morgan fingerprint density at radius 2 is 2.00 bits per heavy atom. The smallest absolute Gasteiger partial charge is 0.387 e. The third kappa shape index (κ3) is 3.96. The molecule has 1 aliphatic rings. The molecule has 2 unspecified atom stereocenters. The van der Waals surface area contributed by atoms with E-state index in [0.29, 0.717) is 12.2 Å².